The average Bonchev–Trinajstić information content (AvgIpc) is 3.12. The zero-order valence-electron chi connectivity index (χ0n) is 13.8. The van der Waals surface area contributed by atoms with Crippen LogP contribution in [-0.4, -0.2) is 32.7 Å². The second-order valence-electron chi connectivity index (χ2n) is 5.86. The average molecular weight is 351 g/mol. The number of rotatable bonds is 5. The zero-order valence-corrected chi connectivity index (χ0v) is 14.6. The van der Waals surface area contributed by atoms with Crippen molar-refractivity contribution in [2.75, 3.05) is 14.2 Å². The first-order valence-electron chi connectivity index (χ1n) is 8.00. The third-order valence-corrected chi connectivity index (χ3v) is 5.80. The van der Waals surface area contributed by atoms with Gasteiger partial charge in [0, 0.05) is 5.92 Å². The molecule has 0 bridgehead atoms. The predicted molar refractivity (Wildman–Crippen MR) is 88.4 cm³/mol. The highest BCUT2D eigenvalue weighted by molar-refractivity contribution is 7.89. The van der Waals surface area contributed by atoms with Crippen LogP contribution in [-0.2, 0) is 10.0 Å². The van der Waals surface area contributed by atoms with Gasteiger partial charge in [-0.2, -0.15) is 4.98 Å². The van der Waals surface area contributed by atoms with E-state index in [0.717, 1.165) is 12.8 Å². The molecule has 2 aromatic rings. The van der Waals surface area contributed by atoms with Crippen LogP contribution in [0.5, 0.6) is 5.75 Å². The molecule has 8 heteroatoms. The number of hydrogen-bond donors (Lipinski definition) is 1. The van der Waals surface area contributed by atoms with Gasteiger partial charge in [0.25, 0.3) is 0 Å². The lowest BCUT2D eigenvalue weighted by atomic mass is 9.89. The number of methoxy groups -OCH3 is 1. The van der Waals surface area contributed by atoms with Crippen molar-refractivity contribution in [1.29, 1.82) is 0 Å². The molecule has 0 spiro atoms. The van der Waals surface area contributed by atoms with Gasteiger partial charge < -0.3 is 9.26 Å². The second-order valence-corrected chi connectivity index (χ2v) is 7.75. The lowest BCUT2D eigenvalue weighted by Crippen LogP contribution is -2.18. The van der Waals surface area contributed by atoms with Crippen LogP contribution in [0, 0.1) is 0 Å². The summed E-state index contributed by atoms with van der Waals surface area (Å²) in [6.45, 7) is 0. The van der Waals surface area contributed by atoms with E-state index < -0.39 is 10.0 Å². The Morgan fingerprint density at radius 1 is 1.25 bits per heavy atom. The minimum absolute atomic E-state index is 0.129. The zero-order chi connectivity index (χ0) is 17.2. The molecule has 0 aliphatic heterocycles. The van der Waals surface area contributed by atoms with Crippen molar-refractivity contribution >= 4 is 10.0 Å². The molecule has 1 aromatic carbocycles. The van der Waals surface area contributed by atoms with E-state index in [2.05, 4.69) is 14.9 Å². The molecular formula is C16H21N3O4S. The maximum absolute atomic E-state index is 12.0. The number of hydrogen-bond acceptors (Lipinski definition) is 6. The van der Waals surface area contributed by atoms with Crippen LogP contribution in [0.4, 0.5) is 0 Å². The van der Waals surface area contributed by atoms with E-state index in [1.807, 2.05) is 0 Å². The van der Waals surface area contributed by atoms with Gasteiger partial charge in [-0.05, 0) is 38.1 Å². The predicted octanol–water partition coefficient (Wildman–Crippen LogP) is 2.70. The number of ether oxygens (including phenoxy) is 1. The van der Waals surface area contributed by atoms with Crippen molar-refractivity contribution < 1.29 is 17.7 Å². The topological polar surface area (TPSA) is 94.3 Å². The van der Waals surface area contributed by atoms with Gasteiger partial charge >= 0.3 is 0 Å². The van der Waals surface area contributed by atoms with Crippen LogP contribution in [0.3, 0.4) is 0 Å². The molecule has 1 aliphatic rings. The molecule has 0 amide bonds. The Morgan fingerprint density at radius 2 is 2.00 bits per heavy atom. The first-order chi connectivity index (χ1) is 11.5. The van der Waals surface area contributed by atoms with E-state index in [9.17, 15) is 8.42 Å². The van der Waals surface area contributed by atoms with Crippen LogP contribution in [0.25, 0.3) is 11.4 Å². The molecule has 7 nitrogen and oxygen atoms in total. The van der Waals surface area contributed by atoms with Crippen LogP contribution in [0.15, 0.2) is 27.6 Å². The van der Waals surface area contributed by atoms with Crippen LogP contribution < -0.4 is 9.46 Å². The molecule has 24 heavy (non-hydrogen) atoms. The smallest absolute Gasteiger partial charge is 0.240 e. The Hall–Kier alpha value is -1.93. The molecule has 1 aromatic heterocycles. The van der Waals surface area contributed by atoms with Crippen molar-refractivity contribution in [3.8, 4) is 17.1 Å². The quantitative estimate of drug-likeness (QED) is 0.890. The molecule has 1 fully saturated rings. The van der Waals surface area contributed by atoms with Gasteiger partial charge in [0.2, 0.25) is 21.7 Å². The van der Waals surface area contributed by atoms with E-state index in [0.29, 0.717) is 23.0 Å². The maximum atomic E-state index is 12.0. The minimum Gasteiger partial charge on any atom is -0.496 e. The van der Waals surface area contributed by atoms with Crippen molar-refractivity contribution in [1.82, 2.24) is 14.9 Å². The Bertz CT molecular complexity index is 810. The van der Waals surface area contributed by atoms with Gasteiger partial charge in [0.15, 0.2) is 0 Å². The number of aromatic nitrogens is 2. The molecule has 0 saturated heterocycles. The fourth-order valence-corrected chi connectivity index (χ4v) is 3.76. The van der Waals surface area contributed by atoms with Gasteiger partial charge in [0.1, 0.15) is 5.75 Å². The highest BCUT2D eigenvalue weighted by Crippen LogP contribution is 2.35. The summed E-state index contributed by atoms with van der Waals surface area (Å²) in [4.78, 5) is 4.62. The summed E-state index contributed by atoms with van der Waals surface area (Å²) in [5.41, 5.74) is 0.500. The molecule has 130 valence electrons. The summed E-state index contributed by atoms with van der Waals surface area (Å²) < 4.78 is 37.1. The van der Waals surface area contributed by atoms with Gasteiger partial charge in [0.05, 0.1) is 17.6 Å². The largest absolute Gasteiger partial charge is 0.496 e. The summed E-state index contributed by atoms with van der Waals surface area (Å²) in [6.07, 6.45) is 5.68. The Morgan fingerprint density at radius 3 is 2.67 bits per heavy atom. The first kappa shape index (κ1) is 16.9. The Balaban J connectivity index is 1.98. The molecule has 3 rings (SSSR count). The first-order valence-corrected chi connectivity index (χ1v) is 9.49. The molecule has 1 aliphatic carbocycles. The van der Waals surface area contributed by atoms with Crippen molar-refractivity contribution in [3.05, 3.63) is 24.1 Å². The SMILES string of the molecule is CNS(=O)(=O)c1ccc(OC)c(-c2noc(C3CCCCC3)n2)c1. The molecule has 1 N–H and O–H groups in total. The third-order valence-electron chi connectivity index (χ3n) is 4.39. The van der Waals surface area contributed by atoms with E-state index in [-0.39, 0.29) is 10.8 Å². The van der Waals surface area contributed by atoms with Crippen LogP contribution >= 0.6 is 0 Å². The molecule has 1 heterocycles. The van der Waals surface area contributed by atoms with Gasteiger partial charge in [-0.3, -0.25) is 0 Å². The number of nitrogens with zero attached hydrogens (tertiary/aromatic N) is 2. The molecular weight excluding hydrogens is 330 g/mol. The monoisotopic (exact) mass is 351 g/mol. The van der Waals surface area contributed by atoms with Crippen molar-refractivity contribution in [2.45, 2.75) is 42.9 Å². The Labute approximate surface area is 141 Å². The summed E-state index contributed by atoms with van der Waals surface area (Å²) in [6, 6.07) is 4.58. The summed E-state index contributed by atoms with van der Waals surface area (Å²) in [5, 5.41) is 4.04. The van der Waals surface area contributed by atoms with Gasteiger partial charge in [-0.15, -0.1) is 0 Å². The number of sulfonamides is 1. The lowest BCUT2D eigenvalue weighted by Gasteiger charge is -2.17. The van der Waals surface area contributed by atoms with Crippen LogP contribution in [0.1, 0.15) is 43.9 Å². The molecule has 0 atom stereocenters. The maximum Gasteiger partial charge on any atom is 0.240 e. The minimum atomic E-state index is -3.56. The van der Waals surface area contributed by atoms with Gasteiger partial charge in [-0.25, -0.2) is 13.1 Å². The molecule has 0 unspecified atom stereocenters. The summed E-state index contributed by atoms with van der Waals surface area (Å²) >= 11 is 0. The highest BCUT2D eigenvalue weighted by atomic mass is 32.2. The third kappa shape index (κ3) is 3.29. The summed E-state index contributed by atoms with van der Waals surface area (Å²) in [5.74, 6) is 1.76. The summed E-state index contributed by atoms with van der Waals surface area (Å²) in [7, 11) is -0.668. The van der Waals surface area contributed by atoms with E-state index in [1.165, 1.54) is 45.6 Å². The molecule has 1 saturated carbocycles. The standard InChI is InChI=1S/C16H21N3O4S/c1-17-24(20,21)12-8-9-14(22-2)13(10-12)15-18-16(23-19-15)11-6-4-3-5-7-11/h8-11,17H,3-7H2,1-2H3. The molecule has 0 radical (unpaired) electrons. The van der Waals surface area contributed by atoms with E-state index in [1.54, 1.807) is 6.07 Å². The van der Waals surface area contributed by atoms with Crippen LogP contribution in [0.2, 0.25) is 0 Å². The normalized spacial score (nSPS) is 16.2. The fraction of sp³-hybridized carbons (Fsp3) is 0.500. The second kappa shape index (κ2) is 6.90. The van der Waals surface area contributed by atoms with E-state index in [4.69, 9.17) is 9.26 Å². The number of nitrogens with one attached hydrogen (secondary N) is 1. The lowest BCUT2D eigenvalue weighted by molar-refractivity contribution is 0.314. The Kier molecular flexibility index (Phi) is 4.86. The van der Waals surface area contributed by atoms with Gasteiger partial charge in [-0.1, -0.05) is 24.4 Å². The fourth-order valence-electron chi connectivity index (χ4n) is 3.01. The highest BCUT2D eigenvalue weighted by Gasteiger charge is 2.24. The van der Waals surface area contributed by atoms with Crippen molar-refractivity contribution in [2.24, 2.45) is 0 Å². The number of benzene rings is 1. The van der Waals surface area contributed by atoms with E-state index >= 15 is 0 Å². The van der Waals surface area contributed by atoms with Crippen molar-refractivity contribution in [3.63, 3.8) is 0 Å².